The number of benzene rings is 1. The number of anilines is 1. The molecule has 1 atom stereocenters. The van der Waals surface area contributed by atoms with Gasteiger partial charge in [-0.15, -0.1) is 0 Å². The van der Waals surface area contributed by atoms with E-state index in [9.17, 15) is 4.39 Å². The highest BCUT2D eigenvalue weighted by molar-refractivity contribution is 6.31. The molecular formula is C8H11ClFN3. The lowest BCUT2D eigenvalue weighted by Gasteiger charge is -2.12. The molecular weight excluding hydrogens is 193 g/mol. The second-order valence-corrected chi connectivity index (χ2v) is 3.09. The van der Waals surface area contributed by atoms with Crippen molar-refractivity contribution in [1.82, 2.24) is 0 Å². The maximum absolute atomic E-state index is 13.1. The lowest BCUT2D eigenvalue weighted by Crippen LogP contribution is -2.21. The number of nitrogens with two attached hydrogens (primary N) is 3. The fourth-order valence-electron chi connectivity index (χ4n) is 0.993. The zero-order chi connectivity index (χ0) is 10.0. The third-order valence-electron chi connectivity index (χ3n) is 1.80. The van der Waals surface area contributed by atoms with Crippen molar-refractivity contribution in [2.75, 3.05) is 12.3 Å². The Balaban J connectivity index is 3.18. The van der Waals surface area contributed by atoms with Gasteiger partial charge in [-0.1, -0.05) is 17.7 Å². The van der Waals surface area contributed by atoms with Crippen molar-refractivity contribution < 1.29 is 4.39 Å². The standard InChI is InChI=1S/C8H11ClFN3/c9-7-4(6(13)3-11)1-2-5(12)8(7)10/h1-2,6H,3,11-13H2/t6-/m0/s1. The summed E-state index contributed by atoms with van der Waals surface area (Å²) >= 11 is 5.68. The summed E-state index contributed by atoms with van der Waals surface area (Å²) in [4.78, 5) is 0. The molecule has 0 bridgehead atoms. The molecule has 0 aliphatic carbocycles. The highest BCUT2D eigenvalue weighted by Crippen LogP contribution is 2.27. The average molecular weight is 204 g/mol. The van der Waals surface area contributed by atoms with E-state index >= 15 is 0 Å². The van der Waals surface area contributed by atoms with Crippen LogP contribution in [0.5, 0.6) is 0 Å². The molecule has 0 saturated heterocycles. The van der Waals surface area contributed by atoms with E-state index in [2.05, 4.69) is 0 Å². The van der Waals surface area contributed by atoms with Gasteiger partial charge in [0.1, 0.15) is 0 Å². The Morgan fingerprint density at radius 2 is 2.08 bits per heavy atom. The fourth-order valence-corrected chi connectivity index (χ4v) is 1.30. The Bertz CT molecular complexity index is 317. The third-order valence-corrected chi connectivity index (χ3v) is 2.18. The van der Waals surface area contributed by atoms with E-state index in [1.165, 1.54) is 6.07 Å². The van der Waals surface area contributed by atoms with E-state index in [0.717, 1.165) is 0 Å². The zero-order valence-electron chi connectivity index (χ0n) is 6.93. The van der Waals surface area contributed by atoms with E-state index in [4.69, 9.17) is 28.8 Å². The number of nitrogen functional groups attached to an aromatic ring is 1. The fraction of sp³-hybridized carbons (Fsp3) is 0.250. The Labute approximate surface area is 80.6 Å². The van der Waals surface area contributed by atoms with Gasteiger partial charge in [0.15, 0.2) is 5.82 Å². The van der Waals surface area contributed by atoms with Crippen LogP contribution in [0, 0.1) is 5.82 Å². The van der Waals surface area contributed by atoms with E-state index < -0.39 is 11.9 Å². The third kappa shape index (κ3) is 1.91. The second kappa shape index (κ2) is 3.91. The van der Waals surface area contributed by atoms with Crippen molar-refractivity contribution in [2.45, 2.75) is 6.04 Å². The predicted octanol–water partition coefficient (Wildman–Crippen LogP) is 1.02. The maximum Gasteiger partial charge on any atom is 0.164 e. The van der Waals surface area contributed by atoms with Crippen LogP contribution < -0.4 is 17.2 Å². The molecule has 3 nitrogen and oxygen atoms in total. The predicted molar refractivity (Wildman–Crippen MR) is 51.8 cm³/mol. The van der Waals surface area contributed by atoms with Gasteiger partial charge >= 0.3 is 0 Å². The van der Waals surface area contributed by atoms with Crippen LogP contribution in [0.15, 0.2) is 12.1 Å². The van der Waals surface area contributed by atoms with Crippen molar-refractivity contribution in [1.29, 1.82) is 0 Å². The minimum atomic E-state index is -0.636. The second-order valence-electron chi connectivity index (χ2n) is 2.71. The first-order chi connectivity index (χ1) is 6.07. The molecule has 72 valence electrons. The largest absolute Gasteiger partial charge is 0.396 e. The quantitative estimate of drug-likeness (QED) is 0.628. The van der Waals surface area contributed by atoms with Crippen LogP contribution in [-0.2, 0) is 0 Å². The molecule has 0 amide bonds. The number of halogens is 2. The van der Waals surface area contributed by atoms with Crippen LogP contribution in [0.1, 0.15) is 11.6 Å². The minimum absolute atomic E-state index is 0.0120. The molecule has 0 fully saturated rings. The molecule has 0 aromatic heterocycles. The van der Waals surface area contributed by atoms with Crippen molar-refractivity contribution in [3.05, 3.63) is 28.5 Å². The van der Waals surface area contributed by atoms with Crippen molar-refractivity contribution >= 4 is 17.3 Å². The Hall–Kier alpha value is -0.840. The molecule has 0 unspecified atom stereocenters. The number of rotatable bonds is 2. The molecule has 6 N–H and O–H groups in total. The first-order valence-electron chi connectivity index (χ1n) is 3.77. The summed E-state index contributed by atoms with van der Waals surface area (Å²) in [6.07, 6.45) is 0. The first kappa shape index (κ1) is 10.2. The number of hydrogen-bond donors (Lipinski definition) is 3. The highest BCUT2D eigenvalue weighted by Gasteiger charge is 2.13. The van der Waals surface area contributed by atoms with Gasteiger partial charge in [-0.2, -0.15) is 0 Å². The SMILES string of the molecule is NC[C@H](N)c1ccc(N)c(F)c1Cl. The van der Waals surface area contributed by atoms with Crippen LogP contribution >= 0.6 is 11.6 Å². The summed E-state index contributed by atoms with van der Waals surface area (Å²) in [5.74, 6) is -0.636. The van der Waals surface area contributed by atoms with Crippen LogP contribution in [-0.4, -0.2) is 6.54 Å². The van der Waals surface area contributed by atoms with Gasteiger partial charge in [-0.25, -0.2) is 4.39 Å². The monoisotopic (exact) mass is 203 g/mol. The van der Waals surface area contributed by atoms with E-state index in [1.54, 1.807) is 6.07 Å². The summed E-state index contributed by atoms with van der Waals surface area (Å²) < 4.78 is 13.1. The zero-order valence-corrected chi connectivity index (χ0v) is 7.68. The van der Waals surface area contributed by atoms with Crippen molar-refractivity contribution in [2.24, 2.45) is 11.5 Å². The molecule has 1 aromatic rings. The van der Waals surface area contributed by atoms with Gasteiger partial charge in [-0.05, 0) is 11.6 Å². The Morgan fingerprint density at radius 1 is 1.46 bits per heavy atom. The molecule has 1 aromatic carbocycles. The van der Waals surface area contributed by atoms with Crippen LogP contribution in [0.2, 0.25) is 5.02 Å². The summed E-state index contributed by atoms with van der Waals surface area (Å²) in [6, 6.07) is 2.55. The summed E-state index contributed by atoms with van der Waals surface area (Å²) in [6.45, 7) is 0.211. The molecule has 0 aliphatic rings. The van der Waals surface area contributed by atoms with Gasteiger partial charge in [-0.3, -0.25) is 0 Å². The lowest BCUT2D eigenvalue weighted by atomic mass is 10.1. The molecule has 0 radical (unpaired) electrons. The number of hydrogen-bond acceptors (Lipinski definition) is 3. The van der Waals surface area contributed by atoms with Crippen molar-refractivity contribution in [3.63, 3.8) is 0 Å². The van der Waals surface area contributed by atoms with Crippen LogP contribution in [0.3, 0.4) is 0 Å². The highest BCUT2D eigenvalue weighted by atomic mass is 35.5. The molecule has 0 spiro atoms. The van der Waals surface area contributed by atoms with Gasteiger partial charge in [0.2, 0.25) is 0 Å². The topological polar surface area (TPSA) is 78.1 Å². The summed E-state index contributed by atoms with van der Waals surface area (Å²) in [5, 5.41) is -0.0436. The summed E-state index contributed by atoms with van der Waals surface area (Å²) in [5.41, 5.74) is 16.7. The molecule has 0 saturated carbocycles. The molecule has 1 rings (SSSR count). The van der Waals surface area contributed by atoms with Gasteiger partial charge in [0.05, 0.1) is 10.7 Å². The van der Waals surface area contributed by atoms with Gasteiger partial charge in [0, 0.05) is 12.6 Å². The van der Waals surface area contributed by atoms with Gasteiger partial charge in [0.25, 0.3) is 0 Å². The molecule has 5 heteroatoms. The van der Waals surface area contributed by atoms with E-state index in [-0.39, 0.29) is 17.3 Å². The minimum Gasteiger partial charge on any atom is -0.396 e. The van der Waals surface area contributed by atoms with Crippen LogP contribution in [0.4, 0.5) is 10.1 Å². The van der Waals surface area contributed by atoms with Crippen molar-refractivity contribution in [3.8, 4) is 0 Å². The smallest absolute Gasteiger partial charge is 0.164 e. The summed E-state index contributed by atoms with van der Waals surface area (Å²) in [7, 11) is 0. The molecule has 0 aliphatic heterocycles. The van der Waals surface area contributed by atoms with E-state index in [0.29, 0.717) is 5.56 Å². The van der Waals surface area contributed by atoms with Gasteiger partial charge < -0.3 is 17.2 Å². The normalized spacial score (nSPS) is 12.9. The van der Waals surface area contributed by atoms with E-state index in [1.807, 2.05) is 0 Å². The van der Waals surface area contributed by atoms with Crippen LogP contribution in [0.25, 0.3) is 0 Å². The molecule has 13 heavy (non-hydrogen) atoms. The Kier molecular flexibility index (Phi) is 3.08. The molecule has 0 heterocycles. The Morgan fingerprint density at radius 3 is 2.62 bits per heavy atom. The maximum atomic E-state index is 13.1. The first-order valence-corrected chi connectivity index (χ1v) is 4.14. The lowest BCUT2D eigenvalue weighted by molar-refractivity contribution is 0.625. The average Bonchev–Trinajstić information content (AvgIpc) is 2.13.